The van der Waals surface area contributed by atoms with E-state index >= 15 is 0 Å². The average Bonchev–Trinajstić information content (AvgIpc) is 3.13. The van der Waals surface area contributed by atoms with Crippen LogP contribution in [0.4, 0.5) is 4.39 Å². The van der Waals surface area contributed by atoms with Gasteiger partial charge >= 0.3 is 5.97 Å². The van der Waals surface area contributed by atoms with Crippen molar-refractivity contribution in [1.29, 1.82) is 0 Å². The summed E-state index contributed by atoms with van der Waals surface area (Å²) in [6, 6.07) is 5.48. The maximum Gasteiger partial charge on any atom is 0.328 e. The first kappa shape index (κ1) is 12.8. The highest BCUT2D eigenvalue weighted by Crippen LogP contribution is 2.27. The minimum Gasteiger partial charge on any atom is -0.478 e. The SMILES string of the molecule is CN(Cc1ccc(F)c(C=CC(=O)O)c1)C1CC1. The second-order valence-electron chi connectivity index (χ2n) is 4.67. The highest BCUT2D eigenvalue weighted by molar-refractivity contribution is 5.85. The Bertz CT molecular complexity index is 481. The van der Waals surface area contributed by atoms with Gasteiger partial charge in [-0.05, 0) is 43.7 Å². The molecule has 1 aromatic carbocycles. The van der Waals surface area contributed by atoms with Crippen LogP contribution in [-0.4, -0.2) is 29.1 Å². The van der Waals surface area contributed by atoms with Crippen LogP contribution < -0.4 is 0 Å². The Morgan fingerprint density at radius 3 is 2.89 bits per heavy atom. The average molecular weight is 249 g/mol. The van der Waals surface area contributed by atoms with E-state index in [4.69, 9.17) is 5.11 Å². The van der Waals surface area contributed by atoms with Gasteiger partial charge in [0.1, 0.15) is 5.82 Å². The molecule has 1 saturated carbocycles. The molecular formula is C14H16FNO2. The minimum absolute atomic E-state index is 0.319. The molecule has 0 unspecified atom stereocenters. The van der Waals surface area contributed by atoms with E-state index in [0.29, 0.717) is 11.6 Å². The molecule has 0 aromatic heterocycles. The van der Waals surface area contributed by atoms with Gasteiger partial charge in [-0.2, -0.15) is 0 Å². The van der Waals surface area contributed by atoms with Crippen molar-refractivity contribution in [2.24, 2.45) is 0 Å². The predicted octanol–water partition coefficient (Wildman–Crippen LogP) is 2.52. The van der Waals surface area contributed by atoms with Gasteiger partial charge in [0.25, 0.3) is 0 Å². The summed E-state index contributed by atoms with van der Waals surface area (Å²) in [5, 5.41) is 8.54. The minimum atomic E-state index is -1.07. The number of hydrogen-bond donors (Lipinski definition) is 1. The van der Waals surface area contributed by atoms with Crippen molar-refractivity contribution < 1.29 is 14.3 Å². The summed E-state index contributed by atoms with van der Waals surface area (Å²) >= 11 is 0. The van der Waals surface area contributed by atoms with Crippen molar-refractivity contribution in [3.8, 4) is 0 Å². The molecule has 0 spiro atoms. The molecule has 0 radical (unpaired) electrons. The molecule has 4 heteroatoms. The summed E-state index contributed by atoms with van der Waals surface area (Å²) in [5.74, 6) is -1.47. The maximum atomic E-state index is 13.5. The van der Waals surface area contributed by atoms with E-state index in [-0.39, 0.29) is 0 Å². The van der Waals surface area contributed by atoms with Gasteiger partial charge in [0, 0.05) is 24.2 Å². The lowest BCUT2D eigenvalue weighted by atomic mass is 10.1. The van der Waals surface area contributed by atoms with E-state index in [1.54, 1.807) is 12.1 Å². The first-order valence-corrected chi connectivity index (χ1v) is 5.96. The largest absolute Gasteiger partial charge is 0.478 e. The molecule has 0 saturated heterocycles. The summed E-state index contributed by atoms with van der Waals surface area (Å²) in [4.78, 5) is 12.7. The molecular weight excluding hydrogens is 233 g/mol. The third-order valence-electron chi connectivity index (χ3n) is 3.07. The fourth-order valence-electron chi connectivity index (χ4n) is 1.91. The van der Waals surface area contributed by atoms with Gasteiger partial charge in [-0.3, -0.25) is 4.90 Å². The number of benzene rings is 1. The smallest absolute Gasteiger partial charge is 0.328 e. The number of halogens is 1. The number of aliphatic carboxylic acids is 1. The van der Waals surface area contributed by atoms with Crippen molar-refractivity contribution in [1.82, 2.24) is 4.90 Å². The summed E-state index contributed by atoms with van der Waals surface area (Å²) in [7, 11) is 2.05. The number of carboxylic acid groups (broad SMARTS) is 1. The fourth-order valence-corrected chi connectivity index (χ4v) is 1.91. The lowest BCUT2D eigenvalue weighted by Crippen LogP contribution is -2.19. The topological polar surface area (TPSA) is 40.5 Å². The number of rotatable bonds is 5. The first-order valence-electron chi connectivity index (χ1n) is 5.96. The van der Waals surface area contributed by atoms with E-state index in [9.17, 15) is 9.18 Å². The van der Waals surface area contributed by atoms with Crippen LogP contribution in [0.15, 0.2) is 24.3 Å². The van der Waals surface area contributed by atoms with E-state index < -0.39 is 11.8 Å². The van der Waals surface area contributed by atoms with Gasteiger partial charge in [0.05, 0.1) is 0 Å². The number of carbonyl (C=O) groups is 1. The van der Waals surface area contributed by atoms with Crippen LogP contribution in [0.3, 0.4) is 0 Å². The Labute approximate surface area is 106 Å². The molecule has 1 fully saturated rings. The maximum absolute atomic E-state index is 13.5. The van der Waals surface area contributed by atoms with Crippen molar-refractivity contribution in [3.63, 3.8) is 0 Å². The normalized spacial score (nSPS) is 15.5. The summed E-state index contributed by atoms with van der Waals surface area (Å²) < 4.78 is 13.5. The fraction of sp³-hybridized carbons (Fsp3) is 0.357. The van der Waals surface area contributed by atoms with Gasteiger partial charge in [-0.1, -0.05) is 6.07 Å². The summed E-state index contributed by atoms with van der Waals surface area (Å²) in [6.07, 6.45) is 4.69. The van der Waals surface area contributed by atoms with E-state index in [0.717, 1.165) is 18.2 Å². The molecule has 0 atom stereocenters. The quantitative estimate of drug-likeness (QED) is 0.815. The monoisotopic (exact) mass is 249 g/mol. The predicted molar refractivity (Wildman–Crippen MR) is 67.6 cm³/mol. The highest BCUT2D eigenvalue weighted by atomic mass is 19.1. The third-order valence-corrected chi connectivity index (χ3v) is 3.07. The molecule has 1 aliphatic rings. The van der Waals surface area contributed by atoms with Crippen LogP contribution in [0.2, 0.25) is 0 Å². The van der Waals surface area contributed by atoms with Gasteiger partial charge in [-0.25, -0.2) is 9.18 Å². The van der Waals surface area contributed by atoms with E-state index in [1.807, 2.05) is 7.05 Å². The van der Waals surface area contributed by atoms with Gasteiger partial charge in [0.2, 0.25) is 0 Å². The van der Waals surface area contributed by atoms with Crippen molar-refractivity contribution in [2.75, 3.05) is 7.05 Å². The molecule has 0 amide bonds. The molecule has 2 rings (SSSR count). The zero-order valence-electron chi connectivity index (χ0n) is 10.3. The van der Waals surface area contributed by atoms with Crippen molar-refractivity contribution >= 4 is 12.0 Å². The lowest BCUT2D eigenvalue weighted by Gasteiger charge is -2.15. The highest BCUT2D eigenvalue weighted by Gasteiger charge is 2.25. The van der Waals surface area contributed by atoms with Crippen LogP contribution in [0.1, 0.15) is 24.0 Å². The van der Waals surface area contributed by atoms with Crippen LogP contribution >= 0.6 is 0 Å². The van der Waals surface area contributed by atoms with Crippen LogP contribution in [0.5, 0.6) is 0 Å². The van der Waals surface area contributed by atoms with Crippen molar-refractivity contribution in [2.45, 2.75) is 25.4 Å². The zero-order valence-corrected chi connectivity index (χ0v) is 10.3. The molecule has 18 heavy (non-hydrogen) atoms. The standard InChI is InChI=1S/C14H16FNO2/c1-16(12-4-5-12)9-10-2-6-13(15)11(8-10)3-7-14(17)18/h2-3,6-8,12H,4-5,9H2,1H3,(H,17,18). The molecule has 3 nitrogen and oxygen atoms in total. The van der Waals surface area contributed by atoms with Crippen LogP contribution in [-0.2, 0) is 11.3 Å². The van der Waals surface area contributed by atoms with Crippen LogP contribution in [0.25, 0.3) is 6.08 Å². The van der Waals surface area contributed by atoms with E-state index in [2.05, 4.69) is 4.90 Å². The number of hydrogen-bond acceptors (Lipinski definition) is 2. The molecule has 1 aromatic rings. The number of carboxylic acids is 1. The summed E-state index contributed by atoms with van der Waals surface area (Å²) in [6.45, 7) is 0.763. The Morgan fingerprint density at radius 2 is 2.28 bits per heavy atom. The first-order chi connectivity index (χ1) is 8.56. The Hall–Kier alpha value is -1.68. The molecule has 96 valence electrons. The molecule has 0 heterocycles. The molecule has 1 N–H and O–H groups in total. The van der Waals surface area contributed by atoms with Crippen molar-refractivity contribution in [3.05, 3.63) is 41.2 Å². The van der Waals surface area contributed by atoms with Gasteiger partial charge < -0.3 is 5.11 Å². The lowest BCUT2D eigenvalue weighted by molar-refractivity contribution is -0.131. The van der Waals surface area contributed by atoms with Gasteiger partial charge in [0.15, 0.2) is 0 Å². The van der Waals surface area contributed by atoms with Gasteiger partial charge in [-0.15, -0.1) is 0 Å². The second kappa shape index (κ2) is 5.31. The Kier molecular flexibility index (Phi) is 3.77. The van der Waals surface area contributed by atoms with E-state index in [1.165, 1.54) is 25.0 Å². The summed E-state index contributed by atoms with van der Waals surface area (Å²) in [5.41, 5.74) is 1.31. The number of nitrogens with zero attached hydrogens (tertiary/aromatic N) is 1. The molecule has 0 bridgehead atoms. The Morgan fingerprint density at radius 1 is 1.56 bits per heavy atom. The zero-order chi connectivity index (χ0) is 13.1. The molecule has 1 aliphatic carbocycles. The van der Waals surface area contributed by atoms with Crippen LogP contribution in [0, 0.1) is 5.82 Å². The Balaban J connectivity index is 2.12. The molecule has 0 aliphatic heterocycles. The second-order valence-corrected chi connectivity index (χ2v) is 4.67. The third kappa shape index (κ3) is 3.40.